The summed E-state index contributed by atoms with van der Waals surface area (Å²) >= 11 is 0. The average molecular weight is 349 g/mol. The molecule has 0 spiro atoms. The molecular formula is C19H31N3O3. The molecule has 1 aromatic heterocycles. The van der Waals surface area contributed by atoms with E-state index in [4.69, 9.17) is 10.5 Å². The van der Waals surface area contributed by atoms with E-state index in [-0.39, 0.29) is 11.8 Å². The maximum absolute atomic E-state index is 12.3. The van der Waals surface area contributed by atoms with Gasteiger partial charge in [0.25, 0.3) is 0 Å². The second-order valence-corrected chi connectivity index (χ2v) is 8.12. The molecule has 6 nitrogen and oxygen atoms in total. The van der Waals surface area contributed by atoms with Crippen LogP contribution in [0.5, 0.6) is 0 Å². The molecule has 0 saturated heterocycles. The molecule has 25 heavy (non-hydrogen) atoms. The number of nitrogens with two attached hydrogens (primary N) is 1. The summed E-state index contributed by atoms with van der Waals surface area (Å²) in [6, 6.07) is 1.53. The Morgan fingerprint density at radius 3 is 2.72 bits per heavy atom. The minimum absolute atomic E-state index is 0.0174. The molecule has 0 aromatic carbocycles. The number of carbonyl (C=O) groups excluding carboxylic acids is 1. The van der Waals surface area contributed by atoms with Crippen LogP contribution in [0.1, 0.15) is 65.4 Å². The van der Waals surface area contributed by atoms with Gasteiger partial charge in [0.05, 0.1) is 23.5 Å². The van der Waals surface area contributed by atoms with Crippen LogP contribution in [-0.2, 0) is 4.74 Å². The highest BCUT2D eigenvalue weighted by Crippen LogP contribution is 2.44. The number of nitrogen functional groups attached to an aromatic ring is 1. The highest BCUT2D eigenvalue weighted by molar-refractivity contribution is 5.68. The SMILES string of the molecule is CC[C@]1(O)[C@H](C)C[C@H](c2ccncc2N)C[C@@H]1NC(=O)OC(C)(C)C. The van der Waals surface area contributed by atoms with Crippen LogP contribution < -0.4 is 11.1 Å². The predicted octanol–water partition coefficient (Wildman–Crippen LogP) is 3.21. The van der Waals surface area contributed by atoms with Crippen molar-refractivity contribution >= 4 is 11.8 Å². The molecule has 0 unspecified atom stereocenters. The largest absolute Gasteiger partial charge is 0.444 e. The van der Waals surface area contributed by atoms with Gasteiger partial charge >= 0.3 is 6.09 Å². The topological polar surface area (TPSA) is 97.5 Å². The van der Waals surface area contributed by atoms with Crippen LogP contribution in [0.4, 0.5) is 10.5 Å². The standard InChI is InChI=1S/C19H31N3O3/c1-6-19(24)12(2)9-13(14-7-8-21-11-15(14)20)10-16(19)22-17(23)25-18(3,4)5/h7-8,11-13,16,24H,6,9-10,20H2,1-5H3,(H,22,23)/t12-,13+,16+,19+/m1/s1. The molecular weight excluding hydrogens is 318 g/mol. The van der Waals surface area contributed by atoms with E-state index < -0.39 is 23.3 Å². The fourth-order valence-electron chi connectivity index (χ4n) is 3.83. The summed E-state index contributed by atoms with van der Waals surface area (Å²) in [5.41, 5.74) is 6.22. The number of nitrogens with one attached hydrogen (secondary N) is 1. The molecule has 1 aliphatic rings. The van der Waals surface area contributed by atoms with Gasteiger partial charge in [0, 0.05) is 6.20 Å². The Morgan fingerprint density at radius 1 is 1.48 bits per heavy atom. The number of hydrogen-bond acceptors (Lipinski definition) is 5. The Bertz CT molecular complexity index is 614. The van der Waals surface area contributed by atoms with Crippen LogP contribution in [0, 0.1) is 5.92 Å². The summed E-state index contributed by atoms with van der Waals surface area (Å²) in [6.07, 6.45) is 4.87. The van der Waals surface area contributed by atoms with Gasteiger partial charge in [-0.05, 0) is 63.5 Å². The van der Waals surface area contributed by atoms with Gasteiger partial charge in [-0.1, -0.05) is 13.8 Å². The van der Waals surface area contributed by atoms with E-state index in [1.165, 1.54) is 0 Å². The molecule has 1 aromatic rings. The van der Waals surface area contributed by atoms with E-state index >= 15 is 0 Å². The van der Waals surface area contributed by atoms with Gasteiger partial charge in [-0.2, -0.15) is 0 Å². The van der Waals surface area contributed by atoms with Crippen molar-refractivity contribution in [3.8, 4) is 0 Å². The van der Waals surface area contributed by atoms with E-state index in [1.807, 2.05) is 40.7 Å². The third-order valence-electron chi connectivity index (χ3n) is 5.20. The van der Waals surface area contributed by atoms with Crippen molar-refractivity contribution in [2.45, 2.75) is 77.0 Å². The highest BCUT2D eigenvalue weighted by atomic mass is 16.6. The van der Waals surface area contributed by atoms with Crippen LogP contribution in [-0.4, -0.2) is 33.4 Å². The molecule has 0 bridgehead atoms. The molecule has 1 heterocycles. The number of ether oxygens (including phenoxy) is 1. The molecule has 1 aliphatic carbocycles. The van der Waals surface area contributed by atoms with E-state index in [9.17, 15) is 9.90 Å². The maximum atomic E-state index is 12.3. The molecule has 4 atom stereocenters. The van der Waals surface area contributed by atoms with Crippen molar-refractivity contribution in [2.24, 2.45) is 5.92 Å². The number of rotatable bonds is 3. The number of amides is 1. The monoisotopic (exact) mass is 349 g/mol. The first-order valence-electron chi connectivity index (χ1n) is 8.98. The maximum Gasteiger partial charge on any atom is 0.407 e. The average Bonchev–Trinajstić information content (AvgIpc) is 2.50. The fraction of sp³-hybridized carbons (Fsp3) is 0.684. The van der Waals surface area contributed by atoms with Gasteiger partial charge in [-0.15, -0.1) is 0 Å². The molecule has 4 N–H and O–H groups in total. The van der Waals surface area contributed by atoms with Gasteiger partial charge in [0.2, 0.25) is 0 Å². The van der Waals surface area contributed by atoms with Crippen LogP contribution in [0.25, 0.3) is 0 Å². The summed E-state index contributed by atoms with van der Waals surface area (Å²) in [6.45, 7) is 9.44. The van der Waals surface area contributed by atoms with E-state index in [0.29, 0.717) is 18.5 Å². The summed E-state index contributed by atoms with van der Waals surface area (Å²) in [7, 11) is 0. The minimum atomic E-state index is -0.963. The summed E-state index contributed by atoms with van der Waals surface area (Å²) < 4.78 is 5.38. The van der Waals surface area contributed by atoms with Crippen LogP contribution >= 0.6 is 0 Å². The van der Waals surface area contributed by atoms with Crippen molar-refractivity contribution in [3.05, 3.63) is 24.0 Å². The molecule has 1 amide bonds. The van der Waals surface area contributed by atoms with Crippen molar-refractivity contribution in [1.29, 1.82) is 0 Å². The van der Waals surface area contributed by atoms with Crippen molar-refractivity contribution in [2.75, 3.05) is 5.73 Å². The number of anilines is 1. The number of hydrogen-bond donors (Lipinski definition) is 3. The minimum Gasteiger partial charge on any atom is -0.444 e. The van der Waals surface area contributed by atoms with Gasteiger partial charge < -0.3 is 20.9 Å². The summed E-state index contributed by atoms with van der Waals surface area (Å²) in [4.78, 5) is 16.3. The lowest BCUT2D eigenvalue weighted by atomic mass is 9.66. The summed E-state index contributed by atoms with van der Waals surface area (Å²) in [5, 5.41) is 14.1. The smallest absolute Gasteiger partial charge is 0.407 e. The summed E-state index contributed by atoms with van der Waals surface area (Å²) in [5.74, 6) is 0.175. The third-order valence-corrected chi connectivity index (χ3v) is 5.20. The molecule has 6 heteroatoms. The van der Waals surface area contributed by atoms with Gasteiger partial charge in [0.15, 0.2) is 0 Å². The number of pyridine rings is 1. The molecule has 0 radical (unpaired) electrons. The molecule has 0 aliphatic heterocycles. The first-order valence-corrected chi connectivity index (χ1v) is 8.98. The quantitative estimate of drug-likeness (QED) is 0.778. The van der Waals surface area contributed by atoms with Crippen molar-refractivity contribution < 1.29 is 14.6 Å². The van der Waals surface area contributed by atoms with Gasteiger partial charge in [0.1, 0.15) is 5.60 Å². The third kappa shape index (κ3) is 4.42. The zero-order valence-electron chi connectivity index (χ0n) is 15.9. The lowest BCUT2D eigenvalue weighted by Gasteiger charge is -2.47. The predicted molar refractivity (Wildman–Crippen MR) is 98.2 cm³/mol. The van der Waals surface area contributed by atoms with Crippen molar-refractivity contribution in [3.63, 3.8) is 0 Å². The van der Waals surface area contributed by atoms with E-state index in [1.54, 1.807) is 12.4 Å². The van der Waals surface area contributed by atoms with E-state index in [0.717, 1.165) is 12.0 Å². The Labute approximate surface area is 150 Å². The first-order chi connectivity index (χ1) is 11.6. The number of aromatic nitrogens is 1. The normalized spacial score (nSPS) is 29.9. The molecule has 1 saturated carbocycles. The lowest BCUT2D eigenvalue weighted by molar-refractivity contribution is -0.0769. The number of nitrogens with zero attached hydrogens (tertiary/aromatic N) is 1. The Hall–Kier alpha value is -1.82. The van der Waals surface area contributed by atoms with E-state index in [2.05, 4.69) is 10.3 Å². The molecule has 1 fully saturated rings. The van der Waals surface area contributed by atoms with Crippen molar-refractivity contribution in [1.82, 2.24) is 10.3 Å². The van der Waals surface area contributed by atoms with Crippen LogP contribution in [0.3, 0.4) is 0 Å². The number of aliphatic hydroxyl groups is 1. The molecule has 2 rings (SSSR count). The second kappa shape index (κ2) is 7.20. The Balaban J connectivity index is 2.23. The zero-order valence-corrected chi connectivity index (χ0v) is 15.9. The lowest BCUT2D eigenvalue weighted by Crippen LogP contribution is -2.59. The highest BCUT2D eigenvalue weighted by Gasteiger charge is 2.47. The van der Waals surface area contributed by atoms with Gasteiger partial charge in [-0.3, -0.25) is 4.98 Å². The Morgan fingerprint density at radius 2 is 2.16 bits per heavy atom. The first kappa shape index (κ1) is 19.5. The number of carbonyl (C=O) groups is 1. The Kier molecular flexibility index (Phi) is 5.62. The molecule has 140 valence electrons. The fourth-order valence-corrected chi connectivity index (χ4v) is 3.83. The van der Waals surface area contributed by atoms with Crippen LogP contribution in [0.15, 0.2) is 18.5 Å². The van der Waals surface area contributed by atoms with Crippen LogP contribution in [0.2, 0.25) is 0 Å². The second-order valence-electron chi connectivity index (χ2n) is 8.12. The zero-order chi connectivity index (χ0) is 18.8. The van der Waals surface area contributed by atoms with Gasteiger partial charge in [-0.25, -0.2) is 4.79 Å². The number of alkyl carbamates (subject to hydrolysis) is 1.